The molecule has 3 aromatic heterocycles. The lowest BCUT2D eigenvalue weighted by molar-refractivity contribution is 0.375. The maximum absolute atomic E-state index is 5.04. The summed E-state index contributed by atoms with van der Waals surface area (Å²) in [4.78, 5) is 14.5. The molecule has 0 unspecified atom stereocenters. The number of aryl methyl sites for hydroxylation is 1. The van der Waals surface area contributed by atoms with Gasteiger partial charge in [0.1, 0.15) is 5.52 Å². The van der Waals surface area contributed by atoms with Crippen molar-refractivity contribution in [2.75, 3.05) is 13.1 Å². The summed E-state index contributed by atoms with van der Waals surface area (Å²) in [6.45, 7) is 2.03. The van der Waals surface area contributed by atoms with Gasteiger partial charge in [0.05, 0.1) is 0 Å². The number of nitrogens with one attached hydrogen (secondary N) is 1. The molecule has 31 heavy (non-hydrogen) atoms. The van der Waals surface area contributed by atoms with Gasteiger partial charge in [0, 0.05) is 37.2 Å². The Labute approximate surface area is 180 Å². The van der Waals surface area contributed by atoms with Gasteiger partial charge in [-0.15, -0.1) is 0 Å². The number of benzene rings is 2. The van der Waals surface area contributed by atoms with E-state index in [1.165, 1.54) is 10.8 Å². The summed E-state index contributed by atoms with van der Waals surface area (Å²) >= 11 is 0. The molecule has 5 aromatic rings. The smallest absolute Gasteiger partial charge is 0.178 e. The minimum Gasteiger partial charge on any atom is -0.331 e. The number of rotatable bonds is 3. The molecule has 0 amide bonds. The molecule has 154 valence electrons. The lowest BCUT2D eigenvalue weighted by Crippen LogP contribution is -2.30. The van der Waals surface area contributed by atoms with Gasteiger partial charge in [0.15, 0.2) is 17.3 Å². The first-order chi connectivity index (χ1) is 15.3. The van der Waals surface area contributed by atoms with E-state index in [0.717, 1.165) is 59.9 Å². The van der Waals surface area contributed by atoms with Crippen molar-refractivity contribution < 1.29 is 0 Å². The average Bonchev–Trinajstić information content (AvgIpc) is 3.41. The fourth-order valence-corrected chi connectivity index (χ4v) is 4.66. The van der Waals surface area contributed by atoms with E-state index in [9.17, 15) is 0 Å². The molecule has 6 nitrogen and oxygen atoms in total. The molecule has 1 fully saturated rings. The van der Waals surface area contributed by atoms with Crippen LogP contribution < -0.4 is 5.32 Å². The quantitative estimate of drug-likeness (QED) is 0.475. The molecule has 2 aromatic carbocycles. The van der Waals surface area contributed by atoms with Crippen molar-refractivity contribution >= 4 is 21.9 Å². The van der Waals surface area contributed by atoms with E-state index >= 15 is 0 Å². The summed E-state index contributed by atoms with van der Waals surface area (Å²) in [5.74, 6) is 1.78. The van der Waals surface area contributed by atoms with Crippen molar-refractivity contribution in [3.63, 3.8) is 0 Å². The Hall–Kier alpha value is -3.51. The van der Waals surface area contributed by atoms with E-state index in [-0.39, 0.29) is 0 Å². The molecule has 0 bridgehead atoms. The topological polar surface area (TPSA) is 60.6 Å². The number of piperidine rings is 1. The van der Waals surface area contributed by atoms with Gasteiger partial charge in [-0.05, 0) is 54.4 Å². The Morgan fingerprint density at radius 2 is 1.74 bits per heavy atom. The molecule has 0 atom stereocenters. The Morgan fingerprint density at radius 3 is 2.55 bits per heavy atom. The maximum atomic E-state index is 5.04. The number of nitrogens with zero attached hydrogens (tertiary/aromatic N) is 5. The number of pyridine rings is 1. The van der Waals surface area contributed by atoms with Gasteiger partial charge in [0.2, 0.25) is 0 Å². The van der Waals surface area contributed by atoms with Crippen LogP contribution in [0, 0.1) is 0 Å². The standard InChI is InChI=1S/C25H24N6/c1-30-13-12-27-24(30)25-29-22-15-20(19-7-6-17-4-2-3-5-18(17)14-19)16-28-23(22)31(25)21-8-10-26-11-9-21/h2-7,12-16,21,26H,8-11H2,1H3. The van der Waals surface area contributed by atoms with Gasteiger partial charge < -0.3 is 14.5 Å². The molecular formula is C25H24N6. The minimum atomic E-state index is 0.372. The molecular weight excluding hydrogens is 384 g/mol. The van der Waals surface area contributed by atoms with Crippen LogP contribution in [-0.2, 0) is 7.05 Å². The zero-order valence-electron chi connectivity index (χ0n) is 17.5. The molecule has 6 rings (SSSR count). The number of hydrogen-bond acceptors (Lipinski definition) is 4. The van der Waals surface area contributed by atoms with Gasteiger partial charge >= 0.3 is 0 Å². The van der Waals surface area contributed by atoms with Crippen LogP contribution in [0.25, 0.3) is 44.7 Å². The van der Waals surface area contributed by atoms with Gasteiger partial charge in [0.25, 0.3) is 0 Å². The third-order valence-electron chi connectivity index (χ3n) is 6.31. The van der Waals surface area contributed by atoms with Crippen LogP contribution in [0.3, 0.4) is 0 Å². The predicted octanol–water partition coefficient (Wildman–Crippen LogP) is 4.58. The molecule has 1 aliphatic rings. The molecule has 1 N–H and O–H groups in total. The first-order valence-corrected chi connectivity index (χ1v) is 10.8. The molecule has 0 radical (unpaired) electrons. The van der Waals surface area contributed by atoms with Crippen molar-refractivity contribution in [2.45, 2.75) is 18.9 Å². The highest BCUT2D eigenvalue weighted by Crippen LogP contribution is 2.33. The highest BCUT2D eigenvalue weighted by Gasteiger charge is 2.25. The maximum Gasteiger partial charge on any atom is 0.178 e. The molecule has 0 saturated carbocycles. The van der Waals surface area contributed by atoms with E-state index in [2.05, 4.69) is 63.4 Å². The van der Waals surface area contributed by atoms with E-state index in [1.807, 2.05) is 30.2 Å². The Bertz CT molecular complexity index is 1390. The summed E-state index contributed by atoms with van der Waals surface area (Å²) in [6.07, 6.45) is 7.91. The second-order valence-electron chi connectivity index (χ2n) is 8.28. The fraction of sp³-hybridized carbons (Fsp3) is 0.240. The van der Waals surface area contributed by atoms with Crippen LogP contribution in [-0.4, -0.2) is 37.2 Å². The van der Waals surface area contributed by atoms with E-state index in [4.69, 9.17) is 9.97 Å². The first-order valence-electron chi connectivity index (χ1n) is 10.8. The van der Waals surface area contributed by atoms with Crippen LogP contribution in [0.1, 0.15) is 18.9 Å². The normalized spacial score (nSPS) is 15.1. The number of fused-ring (bicyclic) bond motifs is 2. The van der Waals surface area contributed by atoms with Crippen LogP contribution in [0.2, 0.25) is 0 Å². The lowest BCUT2D eigenvalue weighted by atomic mass is 10.0. The highest BCUT2D eigenvalue weighted by molar-refractivity contribution is 5.89. The largest absolute Gasteiger partial charge is 0.331 e. The predicted molar refractivity (Wildman–Crippen MR) is 124 cm³/mol. The number of imidazole rings is 2. The van der Waals surface area contributed by atoms with Crippen LogP contribution in [0.4, 0.5) is 0 Å². The van der Waals surface area contributed by atoms with Crippen LogP contribution in [0.15, 0.2) is 67.1 Å². The second-order valence-corrected chi connectivity index (χ2v) is 8.28. The Balaban J connectivity index is 1.52. The average molecular weight is 409 g/mol. The third kappa shape index (κ3) is 3.11. The monoisotopic (exact) mass is 408 g/mol. The second kappa shape index (κ2) is 7.32. The summed E-state index contributed by atoms with van der Waals surface area (Å²) in [7, 11) is 2.02. The van der Waals surface area contributed by atoms with Crippen molar-refractivity contribution in [1.29, 1.82) is 0 Å². The summed E-state index contributed by atoms with van der Waals surface area (Å²) < 4.78 is 4.34. The Morgan fingerprint density at radius 1 is 0.903 bits per heavy atom. The van der Waals surface area contributed by atoms with Gasteiger partial charge in [-0.2, -0.15) is 0 Å². The molecule has 1 aliphatic heterocycles. The first kappa shape index (κ1) is 18.3. The lowest BCUT2D eigenvalue weighted by Gasteiger charge is -2.25. The van der Waals surface area contributed by atoms with E-state index in [0.29, 0.717) is 6.04 Å². The van der Waals surface area contributed by atoms with Gasteiger partial charge in [-0.1, -0.05) is 36.4 Å². The number of hydrogen-bond donors (Lipinski definition) is 1. The highest BCUT2D eigenvalue weighted by atomic mass is 15.2. The van der Waals surface area contributed by atoms with Crippen molar-refractivity contribution in [2.24, 2.45) is 7.05 Å². The zero-order valence-corrected chi connectivity index (χ0v) is 17.5. The van der Waals surface area contributed by atoms with Gasteiger partial charge in [-0.3, -0.25) is 0 Å². The summed E-state index contributed by atoms with van der Waals surface area (Å²) in [5, 5.41) is 5.93. The van der Waals surface area contributed by atoms with Crippen LogP contribution in [0.5, 0.6) is 0 Å². The summed E-state index contributed by atoms with van der Waals surface area (Å²) in [5.41, 5.74) is 4.10. The molecule has 6 heteroatoms. The molecule has 0 spiro atoms. The third-order valence-corrected chi connectivity index (χ3v) is 6.31. The van der Waals surface area contributed by atoms with E-state index < -0.39 is 0 Å². The molecule has 4 heterocycles. The van der Waals surface area contributed by atoms with E-state index in [1.54, 1.807) is 0 Å². The van der Waals surface area contributed by atoms with Gasteiger partial charge in [-0.25, -0.2) is 15.0 Å². The molecule has 1 saturated heterocycles. The zero-order chi connectivity index (χ0) is 20.8. The SMILES string of the molecule is Cn1ccnc1-c1nc2cc(-c3ccc4ccccc4c3)cnc2n1C1CCNCC1. The van der Waals surface area contributed by atoms with Crippen molar-refractivity contribution in [3.8, 4) is 22.8 Å². The van der Waals surface area contributed by atoms with Crippen molar-refractivity contribution in [3.05, 3.63) is 67.1 Å². The Kier molecular flexibility index (Phi) is 4.32. The molecule has 0 aliphatic carbocycles. The van der Waals surface area contributed by atoms with Crippen molar-refractivity contribution in [1.82, 2.24) is 29.4 Å². The number of aromatic nitrogens is 5. The minimum absolute atomic E-state index is 0.372. The fourth-order valence-electron chi connectivity index (χ4n) is 4.66. The summed E-state index contributed by atoms with van der Waals surface area (Å²) in [6, 6.07) is 17.5. The van der Waals surface area contributed by atoms with Crippen LogP contribution >= 0.6 is 0 Å².